The quantitative estimate of drug-likeness (QED) is 0.236. The Morgan fingerprint density at radius 1 is 1.00 bits per heavy atom. The number of imide groups is 1. The van der Waals surface area contributed by atoms with Crippen molar-refractivity contribution in [2.75, 3.05) is 74.1 Å². The molecule has 280 valence electrons. The van der Waals surface area contributed by atoms with Crippen LogP contribution in [0.25, 0.3) is 22.3 Å². The number of aromatic nitrogens is 4. The minimum atomic E-state index is -0.390. The van der Waals surface area contributed by atoms with Crippen LogP contribution in [0.4, 0.5) is 22.0 Å². The standard InChI is InChI=1S/C40H52N10O3/c1-26(38(52)46(4)29-6-5-28-21-33(42-32(28)22-29)37-31-9-13-40(2,3)23-34(31)44-45-37)48-19-17-47(18-20-48)25-27-10-14-49(15-11-27)35-8-7-30(24-41-35)50-16-12-36(51)43-39(50)53/h5-8,21-22,24,26-27,42H,9-20,23,25H2,1-4H3,(H,44,45)(H,43,51,53). The van der Waals surface area contributed by atoms with Gasteiger partial charge in [-0.1, -0.05) is 19.9 Å². The van der Waals surface area contributed by atoms with Gasteiger partial charge in [0.25, 0.3) is 0 Å². The number of piperazine rings is 1. The SMILES string of the molecule is CC(C(=O)N(C)c1ccc2cc(-c3n[nH]c4c3CCC(C)(C)C4)[nH]c2c1)N1CCN(CC2CCN(c3ccc(N4CCC(=O)NC4=O)cn3)CC2)CC1. The van der Waals surface area contributed by atoms with Gasteiger partial charge in [0.15, 0.2) is 0 Å². The molecule has 4 aliphatic rings. The molecule has 13 nitrogen and oxygen atoms in total. The Balaban J connectivity index is 0.806. The number of likely N-dealkylation sites (N-methyl/N-ethyl adjacent to an activating group) is 1. The third-order valence-electron chi connectivity index (χ3n) is 12.1. The molecule has 0 spiro atoms. The number of rotatable bonds is 8. The molecule has 0 bridgehead atoms. The molecule has 53 heavy (non-hydrogen) atoms. The summed E-state index contributed by atoms with van der Waals surface area (Å²) in [4.78, 5) is 56.3. The van der Waals surface area contributed by atoms with Gasteiger partial charge in [-0.3, -0.25) is 29.8 Å². The smallest absolute Gasteiger partial charge is 0.328 e. The number of hydrogen-bond acceptors (Lipinski definition) is 8. The molecule has 4 amide bonds. The number of urea groups is 1. The first-order valence-corrected chi connectivity index (χ1v) is 19.3. The van der Waals surface area contributed by atoms with Crippen molar-refractivity contribution in [1.82, 2.24) is 35.3 Å². The zero-order valence-corrected chi connectivity index (χ0v) is 31.5. The number of benzene rings is 1. The molecule has 4 aromatic rings. The van der Waals surface area contributed by atoms with E-state index in [4.69, 9.17) is 5.10 Å². The Kier molecular flexibility index (Phi) is 9.48. The maximum atomic E-state index is 13.8. The second-order valence-electron chi connectivity index (χ2n) is 16.3. The molecule has 8 rings (SSSR count). The van der Waals surface area contributed by atoms with Crippen LogP contribution < -0.4 is 20.0 Å². The highest BCUT2D eigenvalue weighted by atomic mass is 16.2. The average molecular weight is 721 g/mol. The number of nitrogens with one attached hydrogen (secondary N) is 3. The summed E-state index contributed by atoms with van der Waals surface area (Å²) >= 11 is 0. The molecular weight excluding hydrogens is 669 g/mol. The zero-order chi connectivity index (χ0) is 36.9. The summed E-state index contributed by atoms with van der Waals surface area (Å²) in [6.07, 6.45) is 7.44. The van der Waals surface area contributed by atoms with Crippen molar-refractivity contribution >= 4 is 45.9 Å². The molecule has 3 saturated heterocycles. The summed E-state index contributed by atoms with van der Waals surface area (Å²) in [5, 5.41) is 11.5. The van der Waals surface area contributed by atoms with Crippen LogP contribution in [-0.4, -0.2) is 113 Å². The Morgan fingerprint density at radius 3 is 2.53 bits per heavy atom. The van der Waals surface area contributed by atoms with Gasteiger partial charge in [0, 0.05) is 93.7 Å². The molecular formula is C40H52N10O3. The summed E-state index contributed by atoms with van der Waals surface area (Å²) < 4.78 is 0. The topological polar surface area (TPSA) is 137 Å². The van der Waals surface area contributed by atoms with Gasteiger partial charge in [-0.2, -0.15) is 5.10 Å². The highest BCUT2D eigenvalue weighted by Crippen LogP contribution is 2.38. The van der Waals surface area contributed by atoms with Crippen molar-refractivity contribution in [2.45, 2.75) is 65.3 Å². The number of aromatic amines is 2. The predicted molar refractivity (Wildman–Crippen MR) is 207 cm³/mol. The van der Waals surface area contributed by atoms with Gasteiger partial charge < -0.3 is 19.7 Å². The van der Waals surface area contributed by atoms with Crippen molar-refractivity contribution in [3.63, 3.8) is 0 Å². The molecule has 3 N–H and O–H groups in total. The fraction of sp³-hybridized carbons (Fsp3) is 0.525. The molecule has 3 aromatic heterocycles. The number of carbonyl (C=O) groups is 3. The van der Waals surface area contributed by atoms with E-state index in [2.05, 4.69) is 67.1 Å². The molecule has 1 atom stereocenters. The van der Waals surface area contributed by atoms with Crippen molar-refractivity contribution < 1.29 is 14.4 Å². The van der Waals surface area contributed by atoms with Crippen LogP contribution in [0.1, 0.15) is 57.7 Å². The third-order valence-corrected chi connectivity index (χ3v) is 12.1. The lowest BCUT2D eigenvalue weighted by molar-refractivity contribution is -0.123. The number of carbonyl (C=O) groups excluding carboxylic acids is 3. The fourth-order valence-corrected chi connectivity index (χ4v) is 8.66. The van der Waals surface area contributed by atoms with Gasteiger partial charge in [0.2, 0.25) is 11.8 Å². The monoisotopic (exact) mass is 720 g/mol. The first-order valence-electron chi connectivity index (χ1n) is 19.3. The highest BCUT2D eigenvalue weighted by molar-refractivity contribution is 6.05. The summed E-state index contributed by atoms with van der Waals surface area (Å²) in [6, 6.07) is 11.7. The lowest BCUT2D eigenvalue weighted by Crippen LogP contribution is -2.55. The lowest BCUT2D eigenvalue weighted by atomic mass is 9.76. The molecule has 1 aromatic carbocycles. The van der Waals surface area contributed by atoms with Crippen LogP contribution in [0.15, 0.2) is 42.6 Å². The van der Waals surface area contributed by atoms with Crippen LogP contribution in [0.5, 0.6) is 0 Å². The predicted octanol–water partition coefficient (Wildman–Crippen LogP) is 4.80. The van der Waals surface area contributed by atoms with Gasteiger partial charge in [0.1, 0.15) is 11.5 Å². The average Bonchev–Trinajstić information content (AvgIpc) is 3.77. The van der Waals surface area contributed by atoms with E-state index in [0.717, 1.165) is 112 Å². The van der Waals surface area contributed by atoms with E-state index in [1.807, 2.05) is 32.2 Å². The van der Waals surface area contributed by atoms with Crippen LogP contribution in [0.2, 0.25) is 0 Å². The number of H-pyrrole nitrogens is 2. The van der Waals surface area contributed by atoms with Crippen molar-refractivity contribution in [2.24, 2.45) is 11.3 Å². The lowest BCUT2D eigenvalue weighted by Gasteiger charge is -2.41. The molecule has 6 heterocycles. The normalized spacial score (nSPS) is 20.8. The first kappa shape index (κ1) is 35.3. The molecule has 13 heteroatoms. The van der Waals surface area contributed by atoms with E-state index in [1.165, 1.54) is 11.3 Å². The van der Waals surface area contributed by atoms with E-state index < -0.39 is 0 Å². The van der Waals surface area contributed by atoms with Crippen molar-refractivity contribution in [3.8, 4) is 11.4 Å². The second-order valence-corrected chi connectivity index (χ2v) is 16.3. The number of amides is 4. The van der Waals surface area contributed by atoms with Gasteiger partial charge in [0.05, 0.1) is 23.6 Å². The second kappa shape index (κ2) is 14.2. The Hall–Kier alpha value is -4.75. The Labute approximate surface area is 311 Å². The minimum Gasteiger partial charge on any atom is -0.357 e. The largest absolute Gasteiger partial charge is 0.357 e. The number of nitrogens with zero attached hydrogens (tertiary/aromatic N) is 7. The van der Waals surface area contributed by atoms with Gasteiger partial charge in [-0.15, -0.1) is 0 Å². The van der Waals surface area contributed by atoms with Crippen molar-refractivity contribution in [3.05, 3.63) is 53.9 Å². The van der Waals surface area contributed by atoms with Crippen LogP contribution in [-0.2, 0) is 22.4 Å². The summed E-state index contributed by atoms with van der Waals surface area (Å²) in [7, 11) is 1.89. The van der Waals surface area contributed by atoms with Crippen LogP contribution in [0.3, 0.4) is 0 Å². The summed E-state index contributed by atoms with van der Waals surface area (Å²) in [5.74, 6) is 1.42. The van der Waals surface area contributed by atoms with E-state index >= 15 is 0 Å². The highest BCUT2D eigenvalue weighted by Gasteiger charge is 2.32. The Bertz CT molecular complexity index is 1980. The van der Waals surface area contributed by atoms with Crippen molar-refractivity contribution in [1.29, 1.82) is 0 Å². The fourth-order valence-electron chi connectivity index (χ4n) is 8.66. The number of piperidine rings is 1. The minimum absolute atomic E-state index is 0.108. The summed E-state index contributed by atoms with van der Waals surface area (Å²) in [5.41, 5.74) is 7.51. The van der Waals surface area contributed by atoms with E-state index in [-0.39, 0.29) is 23.9 Å². The van der Waals surface area contributed by atoms with E-state index in [9.17, 15) is 14.4 Å². The number of hydrogen-bond donors (Lipinski definition) is 3. The number of fused-ring (bicyclic) bond motifs is 2. The third kappa shape index (κ3) is 7.28. The van der Waals surface area contributed by atoms with E-state index in [0.29, 0.717) is 30.0 Å². The maximum absolute atomic E-state index is 13.8. The maximum Gasteiger partial charge on any atom is 0.328 e. The summed E-state index contributed by atoms with van der Waals surface area (Å²) in [6.45, 7) is 13.7. The number of pyridine rings is 1. The first-order chi connectivity index (χ1) is 25.5. The molecule has 3 fully saturated rings. The molecule has 1 aliphatic carbocycles. The molecule has 3 aliphatic heterocycles. The number of anilines is 3. The van der Waals surface area contributed by atoms with Gasteiger partial charge >= 0.3 is 6.03 Å². The molecule has 0 saturated carbocycles. The molecule has 1 unspecified atom stereocenters. The zero-order valence-electron chi connectivity index (χ0n) is 31.5. The van der Waals surface area contributed by atoms with Gasteiger partial charge in [-0.25, -0.2) is 9.78 Å². The Morgan fingerprint density at radius 2 is 1.79 bits per heavy atom. The van der Waals surface area contributed by atoms with Crippen LogP contribution in [0, 0.1) is 11.3 Å². The van der Waals surface area contributed by atoms with Crippen LogP contribution >= 0.6 is 0 Å². The van der Waals surface area contributed by atoms with Gasteiger partial charge in [-0.05, 0) is 80.7 Å². The van der Waals surface area contributed by atoms with E-state index in [1.54, 1.807) is 16.0 Å². The molecule has 0 radical (unpaired) electrons.